The lowest BCUT2D eigenvalue weighted by Crippen LogP contribution is -2.01. The summed E-state index contributed by atoms with van der Waals surface area (Å²) < 4.78 is 11.1. The maximum Gasteiger partial charge on any atom is 0.256 e. The van der Waals surface area contributed by atoms with Crippen molar-refractivity contribution in [3.63, 3.8) is 0 Å². The molecule has 0 atom stereocenters. The zero-order chi connectivity index (χ0) is 13.7. The number of hydrogen-bond acceptors (Lipinski definition) is 5. The molecule has 1 heterocycles. The van der Waals surface area contributed by atoms with Crippen LogP contribution in [0.2, 0.25) is 0 Å². The van der Waals surface area contributed by atoms with Gasteiger partial charge in [-0.3, -0.25) is 0 Å². The minimum atomic E-state index is 0.555. The van der Waals surface area contributed by atoms with E-state index < -0.39 is 0 Å². The van der Waals surface area contributed by atoms with E-state index in [9.17, 15) is 0 Å². The van der Waals surface area contributed by atoms with E-state index in [2.05, 4.69) is 4.98 Å². The molecule has 0 amide bonds. The molecule has 0 bridgehead atoms. The Kier molecular flexibility index (Phi) is 4.87. The van der Waals surface area contributed by atoms with Gasteiger partial charge in [-0.2, -0.15) is 0 Å². The molecule has 0 radical (unpaired) electrons. The second-order valence-corrected chi connectivity index (χ2v) is 5.21. The highest BCUT2D eigenvalue weighted by molar-refractivity contribution is 7.99. The van der Waals surface area contributed by atoms with Gasteiger partial charge in [0.25, 0.3) is 5.22 Å². The lowest BCUT2D eigenvalue weighted by atomic mass is 10.2. The van der Waals surface area contributed by atoms with Crippen LogP contribution in [0, 0.1) is 13.8 Å². The molecule has 102 valence electrons. The monoisotopic (exact) mass is 278 g/mol. The Labute approximate surface area is 117 Å². The largest absolute Gasteiger partial charge is 0.493 e. The fourth-order valence-electron chi connectivity index (χ4n) is 1.52. The van der Waals surface area contributed by atoms with Crippen molar-refractivity contribution in [1.82, 2.24) is 4.98 Å². The molecule has 0 aliphatic carbocycles. The Hall–Kier alpha value is -1.46. The van der Waals surface area contributed by atoms with Crippen LogP contribution < -0.4 is 10.5 Å². The van der Waals surface area contributed by atoms with Gasteiger partial charge in [-0.15, -0.1) is 0 Å². The van der Waals surface area contributed by atoms with Gasteiger partial charge in [0, 0.05) is 12.3 Å². The number of ether oxygens (including phenoxy) is 1. The zero-order valence-corrected chi connectivity index (χ0v) is 12.0. The summed E-state index contributed by atoms with van der Waals surface area (Å²) >= 11 is 1.56. The third-order valence-electron chi connectivity index (χ3n) is 2.75. The number of aryl methyl sites for hydroxylation is 2. The fourth-order valence-corrected chi connectivity index (χ4v) is 2.24. The summed E-state index contributed by atoms with van der Waals surface area (Å²) in [5.41, 5.74) is 7.59. The topological polar surface area (TPSA) is 61.3 Å². The van der Waals surface area contributed by atoms with Crippen LogP contribution in [0.3, 0.4) is 0 Å². The number of nitrogens with two attached hydrogens (primary N) is 1. The first kappa shape index (κ1) is 14.0. The molecular weight excluding hydrogens is 260 g/mol. The lowest BCUT2D eigenvalue weighted by Gasteiger charge is -2.05. The average molecular weight is 278 g/mol. The molecule has 1 aromatic carbocycles. The van der Waals surface area contributed by atoms with Crippen molar-refractivity contribution in [2.75, 3.05) is 12.4 Å². The Morgan fingerprint density at radius 2 is 2.00 bits per heavy atom. The number of oxazole rings is 1. The lowest BCUT2D eigenvalue weighted by molar-refractivity contribution is 0.343. The van der Waals surface area contributed by atoms with Crippen molar-refractivity contribution < 1.29 is 9.15 Å². The van der Waals surface area contributed by atoms with E-state index in [-0.39, 0.29) is 0 Å². The third-order valence-corrected chi connectivity index (χ3v) is 3.54. The second kappa shape index (κ2) is 6.63. The predicted octanol–water partition coefficient (Wildman–Crippen LogP) is 2.92. The smallest absolute Gasteiger partial charge is 0.256 e. The van der Waals surface area contributed by atoms with Crippen molar-refractivity contribution in [2.45, 2.75) is 25.6 Å². The summed E-state index contributed by atoms with van der Waals surface area (Å²) in [7, 11) is 0. The highest BCUT2D eigenvalue weighted by atomic mass is 32.2. The van der Waals surface area contributed by atoms with Crippen LogP contribution in [0.25, 0.3) is 0 Å². The molecule has 0 aliphatic heterocycles. The van der Waals surface area contributed by atoms with E-state index in [1.807, 2.05) is 38.1 Å². The minimum absolute atomic E-state index is 0.555. The predicted molar refractivity (Wildman–Crippen MR) is 76.5 cm³/mol. The summed E-state index contributed by atoms with van der Waals surface area (Å²) in [4.78, 5) is 4.30. The van der Waals surface area contributed by atoms with Crippen molar-refractivity contribution in [3.8, 4) is 5.75 Å². The summed E-state index contributed by atoms with van der Waals surface area (Å²) in [5.74, 6) is 2.54. The van der Waals surface area contributed by atoms with Gasteiger partial charge >= 0.3 is 0 Å². The molecule has 0 unspecified atom stereocenters. The number of thioether (sulfide) groups is 1. The third kappa shape index (κ3) is 4.01. The highest BCUT2D eigenvalue weighted by Crippen LogP contribution is 2.20. The first-order valence-electron chi connectivity index (χ1n) is 6.17. The molecule has 0 saturated heterocycles. The van der Waals surface area contributed by atoms with Crippen LogP contribution in [-0.2, 0) is 6.54 Å². The van der Waals surface area contributed by atoms with E-state index in [0.717, 1.165) is 28.5 Å². The van der Waals surface area contributed by atoms with Gasteiger partial charge in [0.15, 0.2) is 0 Å². The van der Waals surface area contributed by atoms with Gasteiger partial charge in [-0.1, -0.05) is 23.9 Å². The molecule has 2 N–H and O–H groups in total. The summed E-state index contributed by atoms with van der Waals surface area (Å²) in [5, 5.41) is 0.706. The molecule has 1 aromatic heterocycles. The molecule has 4 nitrogen and oxygen atoms in total. The molecule has 19 heavy (non-hydrogen) atoms. The van der Waals surface area contributed by atoms with Gasteiger partial charge in [0.1, 0.15) is 11.5 Å². The van der Waals surface area contributed by atoms with Crippen LogP contribution in [0.4, 0.5) is 0 Å². The van der Waals surface area contributed by atoms with Crippen molar-refractivity contribution in [2.24, 2.45) is 5.73 Å². The van der Waals surface area contributed by atoms with Crippen LogP contribution in [-0.4, -0.2) is 17.3 Å². The second-order valence-electron chi connectivity index (χ2n) is 4.17. The van der Waals surface area contributed by atoms with Gasteiger partial charge in [-0.05, 0) is 31.5 Å². The normalized spacial score (nSPS) is 10.7. The summed E-state index contributed by atoms with van der Waals surface area (Å²) in [6, 6.07) is 7.82. The van der Waals surface area contributed by atoms with E-state index in [0.29, 0.717) is 18.4 Å². The van der Waals surface area contributed by atoms with Gasteiger partial charge in [-0.25, -0.2) is 4.98 Å². The molecule has 0 aliphatic rings. The highest BCUT2D eigenvalue weighted by Gasteiger charge is 2.05. The van der Waals surface area contributed by atoms with Crippen LogP contribution >= 0.6 is 11.8 Å². The Bertz CT molecular complexity index is 503. The van der Waals surface area contributed by atoms with Crippen LogP contribution in [0.5, 0.6) is 5.75 Å². The molecule has 0 fully saturated rings. The van der Waals surface area contributed by atoms with Gasteiger partial charge in [0.05, 0.1) is 12.3 Å². The molecular formula is C14H18N2O2S. The Balaban J connectivity index is 1.74. The van der Waals surface area contributed by atoms with E-state index >= 15 is 0 Å². The van der Waals surface area contributed by atoms with E-state index in [4.69, 9.17) is 14.9 Å². The summed E-state index contributed by atoms with van der Waals surface area (Å²) in [6.45, 7) is 5.03. The Morgan fingerprint density at radius 1 is 1.26 bits per heavy atom. The van der Waals surface area contributed by atoms with Crippen molar-refractivity contribution in [3.05, 3.63) is 41.3 Å². The SMILES string of the molecule is Cc1nc(SCCOc2ccc(CN)cc2)oc1C. The average Bonchev–Trinajstić information content (AvgIpc) is 2.74. The first-order chi connectivity index (χ1) is 9.19. The van der Waals surface area contributed by atoms with Gasteiger partial charge in [0.2, 0.25) is 0 Å². The maximum atomic E-state index is 5.63. The number of hydrogen-bond donors (Lipinski definition) is 1. The molecule has 2 aromatic rings. The van der Waals surface area contributed by atoms with Crippen LogP contribution in [0.1, 0.15) is 17.0 Å². The molecule has 5 heteroatoms. The zero-order valence-electron chi connectivity index (χ0n) is 11.2. The molecule has 0 saturated carbocycles. The molecule has 0 spiro atoms. The maximum absolute atomic E-state index is 5.63. The minimum Gasteiger partial charge on any atom is -0.493 e. The number of nitrogens with zero attached hydrogens (tertiary/aromatic N) is 1. The van der Waals surface area contributed by atoms with Crippen molar-refractivity contribution >= 4 is 11.8 Å². The molecule has 2 rings (SSSR count). The Morgan fingerprint density at radius 3 is 2.58 bits per heavy atom. The van der Waals surface area contributed by atoms with Gasteiger partial charge < -0.3 is 14.9 Å². The quantitative estimate of drug-likeness (QED) is 0.650. The van der Waals surface area contributed by atoms with E-state index in [1.165, 1.54) is 0 Å². The first-order valence-corrected chi connectivity index (χ1v) is 7.16. The van der Waals surface area contributed by atoms with E-state index in [1.54, 1.807) is 11.8 Å². The number of benzene rings is 1. The number of rotatable bonds is 6. The summed E-state index contributed by atoms with van der Waals surface area (Å²) in [6.07, 6.45) is 0. The standard InChI is InChI=1S/C14H18N2O2S/c1-10-11(2)18-14(16-10)19-8-7-17-13-5-3-12(9-15)4-6-13/h3-6H,7-9,15H2,1-2H3. The van der Waals surface area contributed by atoms with Crippen molar-refractivity contribution in [1.29, 1.82) is 0 Å². The number of aromatic nitrogens is 1. The van der Waals surface area contributed by atoms with Crippen LogP contribution in [0.15, 0.2) is 33.9 Å². The fraction of sp³-hybridized carbons (Fsp3) is 0.357.